The van der Waals surface area contributed by atoms with Gasteiger partial charge in [-0.05, 0) is 13.8 Å². The van der Waals surface area contributed by atoms with Crippen molar-refractivity contribution in [2.75, 3.05) is 13.6 Å². The van der Waals surface area contributed by atoms with Crippen LogP contribution >= 0.6 is 0 Å². The van der Waals surface area contributed by atoms with Crippen LogP contribution in [0.15, 0.2) is 0 Å². The van der Waals surface area contributed by atoms with E-state index in [-0.39, 0.29) is 4.90 Å². The minimum Gasteiger partial charge on any atom is -0.389 e. The van der Waals surface area contributed by atoms with Gasteiger partial charge >= 0.3 is 18.0 Å². The molecule has 1 amide bonds. The third-order valence-corrected chi connectivity index (χ3v) is 1.60. The zero-order valence-corrected chi connectivity index (χ0v) is 8.90. The third-order valence-electron chi connectivity index (χ3n) is 1.60. The summed E-state index contributed by atoms with van der Waals surface area (Å²) >= 11 is 0. The van der Waals surface area contributed by atoms with Crippen molar-refractivity contribution < 1.29 is 31.9 Å². The number of amides is 1. The van der Waals surface area contributed by atoms with Crippen molar-refractivity contribution in [2.45, 2.75) is 31.5 Å². The SMILES string of the molecule is CN(CC(C)(C)O)C(=O)C(F)(F)C(F)(F)F. The molecule has 0 saturated carbocycles. The van der Waals surface area contributed by atoms with Gasteiger partial charge in [0.25, 0.3) is 0 Å². The largest absolute Gasteiger partial charge is 0.463 e. The highest BCUT2D eigenvalue weighted by molar-refractivity contribution is 5.84. The molecule has 0 spiro atoms. The maximum atomic E-state index is 12.6. The molecule has 16 heavy (non-hydrogen) atoms. The number of aliphatic hydroxyl groups is 1. The van der Waals surface area contributed by atoms with Crippen LogP contribution in [0.5, 0.6) is 0 Å². The quantitative estimate of drug-likeness (QED) is 0.768. The number of carbonyl (C=O) groups excluding carboxylic acids is 1. The monoisotopic (exact) mass is 249 g/mol. The molecule has 0 aliphatic carbocycles. The van der Waals surface area contributed by atoms with Crippen molar-refractivity contribution in [1.29, 1.82) is 0 Å². The van der Waals surface area contributed by atoms with E-state index in [1.54, 1.807) is 0 Å². The van der Waals surface area contributed by atoms with Gasteiger partial charge in [0.15, 0.2) is 0 Å². The summed E-state index contributed by atoms with van der Waals surface area (Å²) in [7, 11) is 0.764. The Morgan fingerprint density at radius 2 is 1.56 bits per heavy atom. The lowest BCUT2D eigenvalue weighted by Crippen LogP contribution is -2.53. The summed E-state index contributed by atoms with van der Waals surface area (Å²) in [5, 5.41) is 9.19. The highest BCUT2D eigenvalue weighted by Gasteiger charge is 2.64. The topological polar surface area (TPSA) is 40.5 Å². The lowest BCUT2D eigenvalue weighted by atomic mass is 10.1. The maximum Gasteiger partial charge on any atom is 0.463 e. The fourth-order valence-electron chi connectivity index (χ4n) is 1.01. The Kier molecular flexibility index (Phi) is 3.92. The molecule has 0 fully saturated rings. The molecule has 96 valence electrons. The summed E-state index contributed by atoms with van der Waals surface area (Å²) in [5.41, 5.74) is -1.55. The minimum absolute atomic E-state index is 0.146. The number of hydrogen-bond donors (Lipinski definition) is 1. The number of likely N-dealkylation sites (N-methyl/N-ethyl adjacent to an activating group) is 1. The average Bonchev–Trinajstić information content (AvgIpc) is 1.97. The molecule has 0 bridgehead atoms. The first-order chi connectivity index (χ1) is 6.79. The van der Waals surface area contributed by atoms with E-state index in [1.165, 1.54) is 13.8 Å². The Balaban J connectivity index is 4.81. The van der Waals surface area contributed by atoms with E-state index in [2.05, 4.69) is 0 Å². The van der Waals surface area contributed by atoms with Crippen molar-refractivity contribution >= 4 is 5.91 Å². The van der Waals surface area contributed by atoms with Gasteiger partial charge in [0.2, 0.25) is 0 Å². The van der Waals surface area contributed by atoms with Gasteiger partial charge in [-0.25, -0.2) is 0 Å². The molecule has 0 radical (unpaired) electrons. The fraction of sp³-hybridized carbons (Fsp3) is 0.875. The van der Waals surface area contributed by atoms with E-state index in [1.807, 2.05) is 0 Å². The number of hydrogen-bond acceptors (Lipinski definition) is 2. The van der Waals surface area contributed by atoms with Crippen LogP contribution in [-0.2, 0) is 4.79 Å². The Morgan fingerprint density at radius 1 is 1.19 bits per heavy atom. The summed E-state index contributed by atoms with van der Waals surface area (Å²) in [6.45, 7) is 1.74. The molecule has 0 aromatic rings. The molecule has 0 saturated heterocycles. The molecule has 8 heteroatoms. The van der Waals surface area contributed by atoms with Crippen LogP contribution in [-0.4, -0.2) is 47.2 Å². The number of rotatable bonds is 3. The van der Waals surface area contributed by atoms with Crippen molar-refractivity contribution in [3.05, 3.63) is 0 Å². The fourth-order valence-corrected chi connectivity index (χ4v) is 1.01. The van der Waals surface area contributed by atoms with Gasteiger partial charge in [-0.2, -0.15) is 22.0 Å². The van der Waals surface area contributed by atoms with E-state index >= 15 is 0 Å². The van der Waals surface area contributed by atoms with Crippen molar-refractivity contribution in [1.82, 2.24) is 4.90 Å². The van der Waals surface area contributed by atoms with E-state index in [9.17, 15) is 31.9 Å². The first kappa shape index (κ1) is 15.1. The Bertz CT molecular complexity index is 269. The van der Waals surface area contributed by atoms with E-state index < -0.39 is 30.2 Å². The van der Waals surface area contributed by atoms with Crippen molar-refractivity contribution in [2.24, 2.45) is 0 Å². The van der Waals surface area contributed by atoms with E-state index in [0.717, 1.165) is 7.05 Å². The van der Waals surface area contributed by atoms with Crippen LogP contribution in [0.25, 0.3) is 0 Å². The van der Waals surface area contributed by atoms with E-state index in [4.69, 9.17) is 0 Å². The molecule has 0 unspecified atom stereocenters. The van der Waals surface area contributed by atoms with Crippen molar-refractivity contribution in [3.63, 3.8) is 0 Å². The number of alkyl halides is 5. The molecule has 0 heterocycles. The van der Waals surface area contributed by atoms with Gasteiger partial charge in [-0.3, -0.25) is 4.79 Å². The Labute approximate surface area is 88.8 Å². The Hall–Kier alpha value is -0.920. The first-order valence-electron chi connectivity index (χ1n) is 4.21. The molecular weight excluding hydrogens is 237 g/mol. The molecule has 0 aliphatic heterocycles. The average molecular weight is 249 g/mol. The van der Waals surface area contributed by atoms with Crippen LogP contribution in [0.4, 0.5) is 22.0 Å². The van der Waals surface area contributed by atoms with Crippen LogP contribution in [0.2, 0.25) is 0 Å². The summed E-state index contributed by atoms with van der Waals surface area (Å²) < 4.78 is 60.6. The summed E-state index contributed by atoms with van der Waals surface area (Å²) in [5.74, 6) is -7.82. The second-order valence-corrected chi connectivity index (χ2v) is 4.05. The number of carbonyl (C=O) groups is 1. The van der Waals surface area contributed by atoms with Gasteiger partial charge in [0.1, 0.15) is 0 Å². The first-order valence-corrected chi connectivity index (χ1v) is 4.21. The Morgan fingerprint density at radius 3 is 1.81 bits per heavy atom. The second-order valence-electron chi connectivity index (χ2n) is 4.05. The summed E-state index contributed by atoms with van der Waals surface area (Å²) in [6, 6.07) is 0. The van der Waals surface area contributed by atoms with Gasteiger partial charge in [-0.1, -0.05) is 0 Å². The highest BCUT2D eigenvalue weighted by Crippen LogP contribution is 2.36. The number of halogens is 5. The van der Waals surface area contributed by atoms with Crippen LogP contribution in [0, 0.1) is 0 Å². The smallest absolute Gasteiger partial charge is 0.389 e. The third kappa shape index (κ3) is 3.58. The molecule has 0 atom stereocenters. The normalized spacial score (nSPS) is 13.8. The van der Waals surface area contributed by atoms with Gasteiger partial charge < -0.3 is 10.0 Å². The van der Waals surface area contributed by atoms with Crippen LogP contribution in [0.3, 0.4) is 0 Å². The van der Waals surface area contributed by atoms with Crippen LogP contribution < -0.4 is 0 Å². The minimum atomic E-state index is -5.93. The second kappa shape index (κ2) is 4.15. The predicted molar refractivity (Wildman–Crippen MR) is 44.9 cm³/mol. The van der Waals surface area contributed by atoms with Crippen LogP contribution in [0.1, 0.15) is 13.8 Å². The molecule has 3 nitrogen and oxygen atoms in total. The highest BCUT2D eigenvalue weighted by atomic mass is 19.4. The molecule has 0 aromatic carbocycles. The molecule has 0 rings (SSSR count). The molecular formula is C8H12F5NO2. The molecule has 0 aromatic heterocycles. The standard InChI is InChI=1S/C8H12F5NO2/c1-6(2,16)4-14(3)5(15)7(9,10)8(11,12)13/h16H,4H2,1-3H3. The molecule has 0 aliphatic rings. The van der Waals surface area contributed by atoms with Gasteiger partial charge in [0, 0.05) is 13.6 Å². The summed E-state index contributed by atoms with van der Waals surface area (Å²) in [6.07, 6.45) is -5.93. The lowest BCUT2D eigenvalue weighted by molar-refractivity contribution is -0.274. The number of nitrogens with zero attached hydrogens (tertiary/aromatic N) is 1. The van der Waals surface area contributed by atoms with E-state index in [0.29, 0.717) is 0 Å². The van der Waals surface area contributed by atoms with Gasteiger partial charge in [-0.15, -0.1) is 0 Å². The lowest BCUT2D eigenvalue weighted by Gasteiger charge is -2.29. The van der Waals surface area contributed by atoms with Crippen molar-refractivity contribution in [3.8, 4) is 0 Å². The predicted octanol–water partition coefficient (Wildman–Crippen LogP) is 1.41. The van der Waals surface area contributed by atoms with Gasteiger partial charge in [0.05, 0.1) is 5.60 Å². The molecule has 1 N–H and O–H groups in total. The zero-order valence-electron chi connectivity index (χ0n) is 8.90. The maximum absolute atomic E-state index is 12.6. The summed E-state index contributed by atoms with van der Waals surface area (Å²) in [4.78, 5) is 11.0. The zero-order chi connectivity index (χ0) is 13.4.